The summed E-state index contributed by atoms with van der Waals surface area (Å²) in [6.45, 7) is 0. The van der Waals surface area contributed by atoms with Gasteiger partial charge in [0.2, 0.25) is 0 Å². The predicted octanol–water partition coefficient (Wildman–Crippen LogP) is -1.78. The average molecular weight is 88.9 g/mol. The molecular formula is C2H8BNO2. The predicted molar refractivity (Wildman–Crippen MR) is 24.1 cm³/mol. The second kappa shape index (κ2) is 3.15. The Kier molecular flexibility index (Phi) is 3.12. The zero-order valence-electron chi connectivity index (χ0n) is 3.68. The Morgan fingerprint density at radius 1 is 1.67 bits per heavy atom. The van der Waals surface area contributed by atoms with Crippen LogP contribution in [-0.2, 0) is 0 Å². The standard InChI is InChI=1S/C2H8BNO2/c1-4-2-3(5)6/h4-6H,2H2,1H3. The molecule has 3 nitrogen and oxygen atoms in total. The molecule has 3 N–H and O–H groups in total. The highest BCUT2D eigenvalue weighted by Crippen LogP contribution is 1.56. The Morgan fingerprint density at radius 2 is 2.17 bits per heavy atom. The summed E-state index contributed by atoms with van der Waals surface area (Å²) in [6.07, 6.45) is 0.236. The Balaban J connectivity index is 2.63. The summed E-state index contributed by atoms with van der Waals surface area (Å²) >= 11 is 0. The van der Waals surface area contributed by atoms with Gasteiger partial charge in [0, 0.05) is 6.44 Å². The maximum absolute atomic E-state index is 8.05. The van der Waals surface area contributed by atoms with Crippen molar-refractivity contribution in [1.29, 1.82) is 0 Å². The van der Waals surface area contributed by atoms with E-state index in [1.807, 2.05) is 0 Å². The van der Waals surface area contributed by atoms with Crippen molar-refractivity contribution in [3.05, 3.63) is 0 Å². The van der Waals surface area contributed by atoms with Crippen LogP contribution in [0.4, 0.5) is 0 Å². The maximum Gasteiger partial charge on any atom is 0.466 e. The van der Waals surface area contributed by atoms with Gasteiger partial charge in [-0.1, -0.05) is 0 Å². The van der Waals surface area contributed by atoms with Gasteiger partial charge in [0.05, 0.1) is 0 Å². The number of nitrogens with one attached hydrogen (secondary N) is 1. The van der Waals surface area contributed by atoms with Crippen molar-refractivity contribution in [2.24, 2.45) is 0 Å². The highest BCUT2D eigenvalue weighted by Gasteiger charge is 2.00. The second-order valence-electron chi connectivity index (χ2n) is 1.04. The number of hydrogen-bond donors (Lipinski definition) is 3. The van der Waals surface area contributed by atoms with Crippen LogP contribution in [0.2, 0.25) is 0 Å². The molecule has 0 bridgehead atoms. The van der Waals surface area contributed by atoms with E-state index in [9.17, 15) is 0 Å². The van der Waals surface area contributed by atoms with Gasteiger partial charge in [0.1, 0.15) is 0 Å². The first kappa shape index (κ1) is 5.94. The molecule has 0 heterocycles. The third-order valence-electron chi connectivity index (χ3n) is 0.387. The molecule has 0 saturated heterocycles. The lowest BCUT2D eigenvalue weighted by atomic mass is 9.93. The highest BCUT2D eigenvalue weighted by atomic mass is 16.4. The van der Waals surface area contributed by atoms with E-state index in [2.05, 4.69) is 5.32 Å². The molecule has 0 aromatic rings. The summed E-state index contributed by atoms with van der Waals surface area (Å²) in [5.74, 6) is 0. The van der Waals surface area contributed by atoms with Crippen LogP contribution >= 0.6 is 0 Å². The summed E-state index contributed by atoms with van der Waals surface area (Å²) < 4.78 is 0. The molecule has 4 heteroatoms. The molecule has 0 fully saturated rings. The van der Waals surface area contributed by atoms with Crippen molar-refractivity contribution >= 4 is 7.12 Å². The molecule has 0 amide bonds. The van der Waals surface area contributed by atoms with Crippen LogP contribution in [0.15, 0.2) is 0 Å². The molecular weight excluding hydrogens is 80.8 g/mol. The molecule has 0 aliphatic heterocycles. The summed E-state index contributed by atoms with van der Waals surface area (Å²) in [5, 5.41) is 18.7. The van der Waals surface area contributed by atoms with Crippen LogP contribution in [0, 0.1) is 0 Å². The van der Waals surface area contributed by atoms with Crippen molar-refractivity contribution < 1.29 is 10.0 Å². The topological polar surface area (TPSA) is 52.5 Å². The summed E-state index contributed by atoms with van der Waals surface area (Å²) in [4.78, 5) is 0. The fourth-order valence-electron chi connectivity index (χ4n) is 0.183. The van der Waals surface area contributed by atoms with Crippen LogP contribution in [0.3, 0.4) is 0 Å². The van der Waals surface area contributed by atoms with Crippen molar-refractivity contribution in [2.75, 3.05) is 13.5 Å². The molecule has 0 saturated carbocycles. The number of rotatable bonds is 2. The maximum atomic E-state index is 8.05. The minimum atomic E-state index is -1.21. The molecule has 36 valence electrons. The third kappa shape index (κ3) is 3.94. The van der Waals surface area contributed by atoms with E-state index in [1.165, 1.54) is 0 Å². The van der Waals surface area contributed by atoms with E-state index in [1.54, 1.807) is 7.05 Å². The Hall–Kier alpha value is -0.0551. The first-order valence-electron chi connectivity index (χ1n) is 1.78. The smallest absolute Gasteiger partial charge is 0.426 e. The van der Waals surface area contributed by atoms with Gasteiger partial charge in [0.15, 0.2) is 0 Å². The molecule has 0 aromatic carbocycles. The Morgan fingerprint density at radius 3 is 2.17 bits per heavy atom. The monoisotopic (exact) mass is 89.1 g/mol. The molecule has 6 heavy (non-hydrogen) atoms. The van der Waals surface area contributed by atoms with Gasteiger partial charge < -0.3 is 15.4 Å². The molecule has 0 unspecified atom stereocenters. The average Bonchev–Trinajstić information content (AvgIpc) is 1.35. The van der Waals surface area contributed by atoms with Crippen LogP contribution in [0.5, 0.6) is 0 Å². The zero-order chi connectivity index (χ0) is 4.99. The minimum absolute atomic E-state index is 0.236. The second-order valence-corrected chi connectivity index (χ2v) is 1.04. The summed E-state index contributed by atoms with van der Waals surface area (Å²) in [7, 11) is 0.439. The van der Waals surface area contributed by atoms with E-state index in [4.69, 9.17) is 10.0 Å². The van der Waals surface area contributed by atoms with Gasteiger partial charge in [-0.2, -0.15) is 0 Å². The molecule has 0 spiro atoms. The van der Waals surface area contributed by atoms with Crippen molar-refractivity contribution in [2.45, 2.75) is 0 Å². The molecule has 0 atom stereocenters. The normalized spacial score (nSPS) is 8.50. The van der Waals surface area contributed by atoms with Crippen molar-refractivity contribution in [3.63, 3.8) is 0 Å². The summed E-state index contributed by atoms with van der Waals surface area (Å²) in [5.41, 5.74) is 0. The first-order chi connectivity index (χ1) is 2.77. The molecule has 0 rings (SSSR count). The quantitative estimate of drug-likeness (QED) is 0.350. The lowest BCUT2D eigenvalue weighted by Gasteiger charge is -1.90. The number of hydrogen-bond acceptors (Lipinski definition) is 3. The SMILES string of the molecule is CNCB(O)O. The zero-order valence-corrected chi connectivity index (χ0v) is 3.68. The Labute approximate surface area is 37.1 Å². The van der Waals surface area contributed by atoms with Crippen LogP contribution in [0.1, 0.15) is 0 Å². The van der Waals surface area contributed by atoms with Gasteiger partial charge in [-0.15, -0.1) is 0 Å². The third-order valence-corrected chi connectivity index (χ3v) is 0.387. The van der Waals surface area contributed by atoms with Crippen LogP contribution < -0.4 is 5.32 Å². The van der Waals surface area contributed by atoms with E-state index in [0.29, 0.717) is 0 Å². The Bertz CT molecular complexity index is 32.7. The highest BCUT2D eigenvalue weighted by molar-refractivity contribution is 6.41. The van der Waals surface area contributed by atoms with Crippen LogP contribution in [0.25, 0.3) is 0 Å². The van der Waals surface area contributed by atoms with Gasteiger partial charge >= 0.3 is 7.12 Å². The van der Waals surface area contributed by atoms with Crippen molar-refractivity contribution in [1.82, 2.24) is 5.32 Å². The largest absolute Gasteiger partial charge is 0.466 e. The van der Waals surface area contributed by atoms with Crippen LogP contribution in [-0.4, -0.2) is 30.7 Å². The minimum Gasteiger partial charge on any atom is -0.426 e. The van der Waals surface area contributed by atoms with E-state index in [0.717, 1.165) is 0 Å². The molecule has 0 aromatic heterocycles. The molecule has 0 aliphatic carbocycles. The van der Waals surface area contributed by atoms with Gasteiger partial charge in [-0.05, 0) is 7.05 Å². The van der Waals surface area contributed by atoms with E-state index in [-0.39, 0.29) is 6.44 Å². The van der Waals surface area contributed by atoms with E-state index >= 15 is 0 Å². The summed E-state index contributed by atoms with van der Waals surface area (Å²) in [6, 6.07) is 0. The lowest BCUT2D eigenvalue weighted by Crippen LogP contribution is -2.27. The van der Waals surface area contributed by atoms with E-state index < -0.39 is 7.12 Å². The van der Waals surface area contributed by atoms with Gasteiger partial charge in [-0.25, -0.2) is 0 Å². The lowest BCUT2D eigenvalue weighted by molar-refractivity contribution is 0.402. The first-order valence-corrected chi connectivity index (χ1v) is 1.78. The molecule has 0 radical (unpaired) electrons. The molecule has 0 aliphatic rings. The van der Waals surface area contributed by atoms with Gasteiger partial charge in [0.25, 0.3) is 0 Å². The fourth-order valence-corrected chi connectivity index (χ4v) is 0.183. The van der Waals surface area contributed by atoms with Gasteiger partial charge in [-0.3, -0.25) is 0 Å². The fraction of sp³-hybridized carbons (Fsp3) is 1.00. The van der Waals surface area contributed by atoms with Crippen molar-refractivity contribution in [3.8, 4) is 0 Å².